The minimum Gasteiger partial charge on any atom is -0.360 e. The molecule has 2 N–H and O–H groups in total. The molecule has 2 heterocycles. The number of nitrogens with zero attached hydrogens (tertiary/aromatic N) is 2. The number of nitrogens with one attached hydrogen (secondary N) is 2. The van der Waals surface area contributed by atoms with Gasteiger partial charge in [0, 0.05) is 33.6 Å². The Morgan fingerprint density at radius 2 is 1.96 bits per heavy atom. The lowest BCUT2D eigenvalue weighted by atomic mass is 10.1. The standard InChI is InChI=1S/C19H12N4OS/c20-9-12-5-7-13(8-6-12)18(24)23-19-22-17(11-25-19)15-10-21-16-4-2-1-3-14(15)16/h1-8,10-11,21H,(H,22,23,24). The van der Waals surface area contributed by atoms with Gasteiger partial charge < -0.3 is 4.98 Å². The van der Waals surface area contributed by atoms with Crippen molar-refractivity contribution in [3.63, 3.8) is 0 Å². The van der Waals surface area contributed by atoms with Crippen LogP contribution in [0.5, 0.6) is 0 Å². The number of aromatic amines is 1. The van der Waals surface area contributed by atoms with Crippen LogP contribution in [0, 0.1) is 11.3 Å². The van der Waals surface area contributed by atoms with Gasteiger partial charge in [-0.2, -0.15) is 5.26 Å². The van der Waals surface area contributed by atoms with E-state index in [9.17, 15) is 4.79 Å². The van der Waals surface area contributed by atoms with Crippen molar-refractivity contribution in [2.24, 2.45) is 0 Å². The third kappa shape index (κ3) is 2.89. The molecule has 2 aromatic carbocycles. The number of hydrogen-bond donors (Lipinski definition) is 2. The highest BCUT2D eigenvalue weighted by Gasteiger charge is 2.12. The number of benzene rings is 2. The summed E-state index contributed by atoms with van der Waals surface area (Å²) in [7, 11) is 0. The van der Waals surface area contributed by atoms with Gasteiger partial charge in [-0.25, -0.2) is 4.98 Å². The van der Waals surface area contributed by atoms with E-state index < -0.39 is 0 Å². The zero-order valence-corrected chi connectivity index (χ0v) is 13.8. The van der Waals surface area contributed by atoms with Crippen LogP contribution in [0.25, 0.3) is 22.2 Å². The monoisotopic (exact) mass is 344 g/mol. The molecule has 0 aliphatic carbocycles. The van der Waals surface area contributed by atoms with E-state index in [0.29, 0.717) is 16.3 Å². The molecule has 120 valence electrons. The molecule has 4 aromatic rings. The predicted molar refractivity (Wildman–Crippen MR) is 98.5 cm³/mol. The molecule has 2 aromatic heterocycles. The molecule has 0 spiro atoms. The number of rotatable bonds is 3. The third-order valence-electron chi connectivity index (χ3n) is 3.87. The Labute approximate surface area is 147 Å². The van der Waals surface area contributed by atoms with E-state index in [4.69, 9.17) is 5.26 Å². The topological polar surface area (TPSA) is 81.6 Å². The van der Waals surface area contributed by atoms with Crippen LogP contribution in [-0.4, -0.2) is 15.9 Å². The summed E-state index contributed by atoms with van der Waals surface area (Å²) in [6.45, 7) is 0. The first-order valence-electron chi connectivity index (χ1n) is 7.58. The Kier molecular flexibility index (Phi) is 3.77. The lowest BCUT2D eigenvalue weighted by Crippen LogP contribution is -2.11. The minimum atomic E-state index is -0.246. The first-order valence-corrected chi connectivity index (χ1v) is 8.46. The van der Waals surface area contributed by atoms with E-state index in [1.54, 1.807) is 24.3 Å². The maximum absolute atomic E-state index is 12.3. The van der Waals surface area contributed by atoms with Crippen molar-refractivity contribution in [1.29, 1.82) is 5.26 Å². The number of amides is 1. The molecule has 6 heteroatoms. The summed E-state index contributed by atoms with van der Waals surface area (Å²) in [6.07, 6.45) is 1.92. The molecule has 1 amide bonds. The normalized spacial score (nSPS) is 10.5. The van der Waals surface area contributed by atoms with Crippen LogP contribution in [0.2, 0.25) is 0 Å². The van der Waals surface area contributed by atoms with E-state index in [1.807, 2.05) is 41.9 Å². The van der Waals surface area contributed by atoms with Crippen molar-refractivity contribution in [2.75, 3.05) is 5.32 Å². The molecule has 0 aliphatic rings. The molecule has 5 nitrogen and oxygen atoms in total. The number of carbonyl (C=O) groups is 1. The molecule has 0 unspecified atom stereocenters. The number of thiazole rings is 1. The molecule has 25 heavy (non-hydrogen) atoms. The summed E-state index contributed by atoms with van der Waals surface area (Å²) in [5, 5.41) is 15.2. The summed E-state index contributed by atoms with van der Waals surface area (Å²) in [5.41, 5.74) is 3.88. The average Bonchev–Trinajstić information content (AvgIpc) is 3.28. The van der Waals surface area contributed by atoms with Gasteiger partial charge in [0.15, 0.2) is 5.13 Å². The molecule has 0 saturated heterocycles. The zero-order valence-electron chi connectivity index (χ0n) is 13.0. The van der Waals surface area contributed by atoms with Crippen LogP contribution in [0.1, 0.15) is 15.9 Å². The van der Waals surface area contributed by atoms with Crippen molar-refractivity contribution in [2.45, 2.75) is 0 Å². The summed E-state index contributed by atoms with van der Waals surface area (Å²) in [4.78, 5) is 20.0. The fraction of sp³-hybridized carbons (Fsp3) is 0. The number of anilines is 1. The second-order valence-corrected chi connectivity index (χ2v) is 6.29. The van der Waals surface area contributed by atoms with Crippen molar-refractivity contribution in [3.05, 3.63) is 71.2 Å². The fourth-order valence-corrected chi connectivity index (χ4v) is 3.31. The number of aromatic nitrogens is 2. The fourth-order valence-electron chi connectivity index (χ4n) is 2.60. The lowest BCUT2D eigenvalue weighted by Gasteiger charge is -2.01. The Morgan fingerprint density at radius 1 is 1.16 bits per heavy atom. The van der Waals surface area contributed by atoms with Gasteiger partial charge in [-0.1, -0.05) is 18.2 Å². The van der Waals surface area contributed by atoms with E-state index in [0.717, 1.165) is 22.2 Å². The molecule has 0 radical (unpaired) electrons. The first kappa shape index (κ1) is 15.1. The Morgan fingerprint density at radius 3 is 2.76 bits per heavy atom. The van der Waals surface area contributed by atoms with Crippen LogP contribution in [-0.2, 0) is 0 Å². The number of hydrogen-bond acceptors (Lipinski definition) is 4. The number of fused-ring (bicyclic) bond motifs is 1. The number of nitriles is 1. The summed E-state index contributed by atoms with van der Waals surface area (Å²) in [6, 6.07) is 16.5. The molecule has 0 atom stereocenters. The molecular formula is C19H12N4OS. The SMILES string of the molecule is N#Cc1ccc(C(=O)Nc2nc(-c3c[nH]c4ccccc34)cs2)cc1. The van der Waals surface area contributed by atoms with Gasteiger partial charge in [0.2, 0.25) is 0 Å². The number of carbonyl (C=O) groups excluding carboxylic acids is 1. The van der Waals surface area contributed by atoms with Crippen LogP contribution >= 0.6 is 11.3 Å². The van der Waals surface area contributed by atoms with Crippen LogP contribution in [0.15, 0.2) is 60.1 Å². The molecule has 0 aliphatic heterocycles. The van der Waals surface area contributed by atoms with Gasteiger partial charge in [0.25, 0.3) is 5.91 Å². The largest absolute Gasteiger partial charge is 0.360 e. The zero-order chi connectivity index (χ0) is 17.2. The van der Waals surface area contributed by atoms with Gasteiger partial charge in [-0.05, 0) is 30.3 Å². The summed E-state index contributed by atoms with van der Waals surface area (Å²) < 4.78 is 0. The van der Waals surface area contributed by atoms with E-state index in [1.165, 1.54) is 11.3 Å². The van der Waals surface area contributed by atoms with Crippen LogP contribution in [0.3, 0.4) is 0 Å². The number of para-hydroxylation sites is 1. The predicted octanol–water partition coefficient (Wildman–Crippen LogP) is 4.42. The molecular weight excluding hydrogens is 332 g/mol. The van der Waals surface area contributed by atoms with Crippen molar-refractivity contribution in [3.8, 4) is 17.3 Å². The van der Waals surface area contributed by atoms with Gasteiger partial charge >= 0.3 is 0 Å². The maximum atomic E-state index is 12.3. The quantitative estimate of drug-likeness (QED) is 0.577. The molecule has 4 rings (SSSR count). The Hall–Kier alpha value is -3.43. The van der Waals surface area contributed by atoms with Gasteiger partial charge in [0.1, 0.15) is 0 Å². The Balaban J connectivity index is 1.57. The minimum absolute atomic E-state index is 0.246. The summed E-state index contributed by atoms with van der Waals surface area (Å²) >= 11 is 1.38. The maximum Gasteiger partial charge on any atom is 0.257 e. The second-order valence-electron chi connectivity index (χ2n) is 5.43. The van der Waals surface area contributed by atoms with Crippen molar-refractivity contribution < 1.29 is 4.79 Å². The third-order valence-corrected chi connectivity index (χ3v) is 4.62. The van der Waals surface area contributed by atoms with Crippen LogP contribution in [0.4, 0.5) is 5.13 Å². The first-order chi connectivity index (χ1) is 12.2. The van der Waals surface area contributed by atoms with E-state index in [2.05, 4.69) is 15.3 Å². The highest BCUT2D eigenvalue weighted by atomic mass is 32.1. The Bertz CT molecular complexity index is 1100. The summed E-state index contributed by atoms with van der Waals surface area (Å²) in [5.74, 6) is -0.246. The van der Waals surface area contributed by atoms with Crippen molar-refractivity contribution >= 4 is 33.3 Å². The van der Waals surface area contributed by atoms with Gasteiger partial charge in [0.05, 0.1) is 17.3 Å². The highest BCUT2D eigenvalue weighted by Crippen LogP contribution is 2.31. The van der Waals surface area contributed by atoms with E-state index in [-0.39, 0.29) is 5.91 Å². The number of H-pyrrole nitrogens is 1. The lowest BCUT2D eigenvalue weighted by molar-refractivity contribution is 0.102. The van der Waals surface area contributed by atoms with Gasteiger partial charge in [-0.15, -0.1) is 11.3 Å². The second kappa shape index (κ2) is 6.23. The molecule has 0 bridgehead atoms. The van der Waals surface area contributed by atoms with Crippen LogP contribution < -0.4 is 5.32 Å². The molecule has 0 fully saturated rings. The highest BCUT2D eigenvalue weighted by molar-refractivity contribution is 7.14. The molecule has 0 saturated carbocycles. The van der Waals surface area contributed by atoms with Gasteiger partial charge in [-0.3, -0.25) is 10.1 Å². The van der Waals surface area contributed by atoms with E-state index >= 15 is 0 Å². The van der Waals surface area contributed by atoms with Crippen molar-refractivity contribution in [1.82, 2.24) is 9.97 Å². The average molecular weight is 344 g/mol. The smallest absolute Gasteiger partial charge is 0.257 e.